The lowest BCUT2D eigenvalue weighted by Gasteiger charge is -2.19. The summed E-state index contributed by atoms with van der Waals surface area (Å²) in [6.07, 6.45) is 0. The van der Waals surface area contributed by atoms with E-state index in [1.54, 1.807) is 0 Å². The molecule has 0 atom stereocenters. The van der Waals surface area contributed by atoms with Gasteiger partial charge in [-0.1, -0.05) is 69.3 Å². The Balaban J connectivity index is 1.86. The Bertz CT molecular complexity index is 834. The van der Waals surface area contributed by atoms with Crippen LogP contribution >= 0.6 is 0 Å². The van der Waals surface area contributed by atoms with Crippen LogP contribution in [0.1, 0.15) is 36.7 Å². The predicted molar refractivity (Wildman–Crippen MR) is 94.0 cm³/mol. The first-order chi connectivity index (χ1) is 10.9. The predicted octanol–water partition coefficient (Wildman–Crippen LogP) is 5.36. The maximum Gasteiger partial charge on any atom is 0.343 e. The Morgan fingerprint density at radius 1 is 0.826 bits per heavy atom. The zero-order chi connectivity index (χ0) is 16.4. The quantitative estimate of drug-likeness (QED) is 0.471. The highest BCUT2D eigenvalue weighted by Gasteiger charge is 2.15. The molecule has 0 aromatic heterocycles. The molecule has 0 aliphatic heterocycles. The van der Waals surface area contributed by atoms with E-state index in [0.29, 0.717) is 11.3 Å². The highest BCUT2D eigenvalue weighted by Crippen LogP contribution is 2.26. The maximum atomic E-state index is 12.4. The molecule has 0 N–H and O–H groups in total. The fraction of sp³-hybridized carbons (Fsp3) is 0.190. The normalized spacial score (nSPS) is 11.4. The lowest BCUT2D eigenvalue weighted by Crippen LogP contribution is -2.13. The molecule has 116 valence electrons. The van der Waals surface area contributed by atoms with E-state index in [4.69, 9.17) is 4.74 Å². The van der Waals surface area contributed by atoms with Gasteiger partial charge in [0.25, 0.3) is 0 Å². The van der Waals surface area contributed by atoms with E-state index < -0.39 is 0 Å². The molecule has 0 fully saturated rings. The average Bonchev–Trinajstić information content (AvgIpc) is 2.54. The first-order valence-corrected chi connectivity index (χ1v) is 7.76. The number of benzene rings is 3. The van der Waals surface area contributed by atoms with Crippen molar-refractivity contribution in [2.45, 2.75) is 26.2 Å². The smallest absolute Gasteiger partial charge is 0.343 e. The third-order valence-electron chi connectivity index (χ3n) is 3.94. The number of carbonyl (C=O) groups is 1. The van der Waals surface area contributed by atoms with Gasteiger partial charge in [-0.05, 0) is 34.6 Å². The summed E-state index contributed by atoms with van der Waals surface area (Å²) in [7, 11) is 0. The van der Waals surface area contributed by atoms with Gasteiger partial charge in [-0.25, -0.2) is 4.79 Å². The van der Waals surface area contributed by atoms with E-state index in [2.05, 4.69) is 20.8 Å². The van der Waals surface area contributed by atoms with Crippen LogP contribution in [0.2, 0.25) is 0 Å². The van der Waals surface area contributed by atoms with Crippen molar-refractivity contribution in [1.29, 1.82) is 0 Å². The molecule has 0 bridgehead atoms. The summed E-state index contributed by atoms with van der Waals surface area (Å²) in [6, 6.07) is 21.2. The van der Waals surface area contributed by atoms with Gasteiger partial charge in [0, 0.05) is 5.39 Å². The fourth-order valence-electron chi connectivity index (χ4n) is 2.55. The molecular weight excluding hydrogens is 284 g/mol. The SMILES string of the molecule is CC(C)(C)c1ccc(C(=O)Oc2cccc3ccccc23)cc1. The van der Waals surface area contributed by atoms with Crippen LogP contribution in [0.25, 0.3) is 10.8 Å². The summed E-state index contributed by atoms with van der Waals surface area (Å²) in [5.74, 6) is 0.259. The van der Waals surface area contributed by atoms with Crippen molar-refractivity contribution in [3.05, 3.63) is 77.9 Å². The maximum absolute atomic E-state index is 12.4. The minimum Gasteiger partial charge on any atom is -0.422 e. The van der Waals surface area contributed by atoms with E-state index in [-0.39, 0.29) is 11.4 Å². The highest BCUT2D eigenvalue weighted by molar-refractivity contribution is 5.95. The average molecular weight is 304 g/mol. The Kier molecular flexibility index (Phi) is 3.91. The molecule has 0 unspecified atom stereocenters. The van der Waals surface area contributed by atoms with Crippen molar-refractivity contribution in [2.24, 2.45) is 0 Å². The number of carbonyl (C=O) groups excluding carboxylic acids is 1. The number of esters is 1. The molecular formula is C21H20O2. The van der Waals surface area contributed by atoms with Crippen molar-refractivity contribution in [3.8, 4) is 5.75 Å². The van der Waals surface area contributed by atoms with Gasteiger partial charge in [0.2, 0.25) is 0 Å². The zero-order valence-electron chi connectivity index (χ0n) is 13.7. The minimum atomic E-state index is -0.332. The minimum absolute atomic E-state index is 0.0675. The number of rotatable bonds is 2. The summed E-state index contributed by atoms with van der Waals surface area (Å²) in [4.78, 5) is 12.4. The van der Waals surface area contributed by atoms with Crippen LogP contribution in [-0.4, -0.2) is 5.97 Å². The van der Waals surface area contributed by atoms with Crippen molar-refractivity contribution in [3.63, 3.8) is 0 Å². The fourth-order valence-corrected chi connectivity index (χ4v) is 2.55. The van der Waals surface area contributed by atoms with Crippen LogP contribution in [0.4, 0.5) is 0 Å². The molecule has 0 aliphatic carbocycles. The van der Waals surface area contributed by atoms with Crippen molar-refractivity contribution in [2.75, 3.05) is 0 Å². The summed E-state index contributed by atoms with van der Waals surface area (Å²) < 4.78 is 5.60. The Hall–Kier alpha value is -2.61. The highest BCUT2D eigenvalue weighted by atomic mass is 16.5. The largest absolute Gasteiger partial charge is 0.422 e. The second-order valence-corrected chi connectivity index (χ2v) is 6.69. The van der Waals surface area contributed by atoms with E-state index in [1.807, 2.05) is 66.7 Å². The van der Waals surface area contributed by atoms with E-state index in [1.165, 1.54) is 5.56 Å². The van der Waals surface area contributed by atoms with Gasteiger partial charge in [-0.15, -0.1) is 0 Å². The van der Waals surface area contributed by atoms with E-state index in [0.717, 1.165) is 10.8 Å². The van der Waals surface area contributed by atoms with Crippen LogP contribution in [0.15, 0.2) is 66.7 Å². The van der Waals surface area contributed by atoms with Crippen LogP contribution in [-0.2, 0) is 5.41 Å². The molecule has 0 amide bonds. The monoisotopic (exact) mass is 304 g/mol. The molecule has 0 aliphatic rings. The van der Waals surface area contributed by atoms with Crippen LogP contribution < -0.4 is 4.74 Å². The van der Waals surface area contributed by atoms with Crippen LogP contribution in [0.5, 0.6) is 5.75 Å². The summed E-state index contributed by atoms with van der Waals surface area (Å²) in [6.45, 7) is 6.45. The van der Waals surface area contributed by atoms with Gasteiger partial charge in [-0.2, -0.15) is 0 Å². The van der Waals surface area contributed by atoms with Gasteiger partial charge in [-0.3, -0.25) is 0 Å². The second kappa shape index (κ2) is 5.88. The second-order valence-electron chi connectivity index (χ2n) is 6.69. The Labute approximate surface area is 136 Å². The lowest BCUT2D eigenvalue weighted by atomic mass is 9.87. The topological polar surface area (TPSA) is 26.3 Å². The lowest BCUT2D eigenvalue weighted by molar-refractivity contribution is 0.0737. The zero-order valence-corrected chi connectivity index (χ0v) is 13.7. The first kappa shape index (κ1) is 15.3. The van der Waals surface area contributed by atoms with E-state index >= 15 is 0 Å². The molecule has 0 radical (unpaired) electrons. The molecule has 3 aromatic rings. The van der Waals surface area contributed by atoms with Crippen LogP contribution in [0.3, 0.4) is 0 Å². The Morgan fingerprint density at radius 2 is 1.48 bits per heavy atom. The van der Waals surface area contributed by atoms with Crippen LogP contribution in [0, 0.1) is 0 Å². The number of ether oxygens (including phenoxy) is 1. The van der Waals surface area contributed by atoms with Crippen molar-refractivity contribution in [1.82, 2.24) is 0 Å². The van der Waals surface area contributed by atoms with Gasteiger partial charge in [0.15, 0.2) is 0 Å². The molecule has 0 saturated carbocycles. The van der Waals surface area contributed by atoms with Gasteiger partial charge in [0.1, 0.15) is 5.75 Å². The number of fused-ring (bicyclic) bond motifs is 1. The third kappa shape index (κ3) is 3.26. The summed E-state index contributed by atoms with van der Waals surface area (Å²) in [5.41, 5.74) is 1.82. The van der Waals surface area contributed by atoms with Crippen molar-refractivity contribution >= 4 is 16.7 Å². The molecule has 0 saturated heterocycles. The Morgan fingerprint density at radius 3 is 2.17 bits per heavy atom. The van der Waals surface area contributed by atoms with Gasteiger partial charge in [0.05, 0.1) is 5.56 Å². The molecule has 3 aromatic carbocycles. The molecule has 0 spiro atoms. The summed E-state index contributed by atoms with van der Waals surface area (Å²) >= 11 is 0. The molecule has 2 nitrogen and oxygen atoms in total. The van der Waals surface area contributed by atoms with Gasteiger partial charge < -0.3 is 4.74 Å². The van der Waals surface area contributed by atoms with E-state index in [9.17, 15) is 4.79 Å². The molecule has 3 rings (SSSR count). The molecule has 23 heavy (non-hydrogen) atoms. The number of hydrogen-bond acceptors (Lipinski definition) is 2. The first-order valence-electron chi connectivity index (χ1n) is 7.76. The standard InChI is InChI=1S/C21H20O2/c1-21(2,3)17-13-11-16(12-14-17)20(22)23-19-10-6-8-15-7-4-5-9-18(15)19/h4-14H,1-3H3. The number of hydrogen-bond donors (Lipinski definition) is 0. The van der Waals surface area contributed by atoms with Crippen molar-refractivity contribution < 1.29 is 9.53 Å². The molecule has 0 heterocycles. The molecule has 2 heteroatoms. The third-order valence-corrected chi connectivity index (χ3v) is 3.94. The van der Waals surface area contributed by atoms with Gasteiger partial charge >= 0.3 is 5.97 Å². The summed E-state index contributed by atoms with van der Waals surface area (Å²) in [5, 5.41) is 2.00.